The summed E-state index contributed by atoms with van der Waals surface area (Å²) in [6.07, 6.45) is 15.9. The summed E-state index contributed by atoms with van der Waals surface area (Å²) >= 11 is 0. The molecule has 0 radical (unpaired) electrons. The van der Waals surface area contributed by atoms with Gasteiger partial charge < -0.3 is 14.9 Å². The lowest BCUT2D eigenvalue weighted by Crippen LogP contribution is -2.65. The zero-order chi connectivity index (χ0) is 32.3. The largest absolute Gasteiger partial charge is 0.481 e. The van der Waals surface area contributed by atoms with Crippen LogP contribution in [0.2, 0.25) is 0 Å². The Hall–Kier alpha value is -1.85. The minimum absolute atomic E-state index is 0.0128. The highest BCUT2D eigenvalue weighted by Gasteiger charge is 2.69. The Morgan fingerprint density at radius 1 is 0.795 bits per heavy atom. The third-order valence-corrected chi connectivity index (χ3v) is 14.8. The maximum Gasteiger partial charge on any atom is 0.310 e. The van der Waals surface area contributed by atoms with Crippen molar-refractivity contribution >= 4 is 17.9 Å². The molecule has 2 N–H and O–H groups in total. The summed E-state index contributed by atoms with van der Waals surface area (Å²) in [7, 11) is 0. The molecule has 6 nitrogen and oxygen atoms in total. The molecule has 4 saturated carbocycles. The summed E-state index contributed by atoms with van der Waals surface area (Å²) in [4.78, 5) is 36.6. The molecule has 1 unspecified atom stereocenters. The second-order valence-corrected chi connectivity index (χ2v) is 17.8. The Balaban J connectivity index is 1.33. The molecule has 0 heterocycles. The van der Waals surface area contributed by atoms with E-state index in [1.165, 1.54) is 5.57 Å². The van der Waals surface area contributed by atoms with Crippen LogP contribution in [0.1, 0.15) is 151 Å². The number of esters is 1. The smallest absolute Gasteiger partial charge is 0.310 e. The maximum absolute atomic E-state index is 12.9. The Kier molecular flexibility index (Phi) is 8.71. The molecule has 0 aromatic heterocycles. The lowest BCUT2D eigenvalue weighted by atomic mass is 9.33. The van der Waals surface area contributed by atoms with Crippen molar-refractivity contribution in [2.45, 2.75) is 157 Å². The molecule has 5 rings (SSSR count). The third-order valence-electron chi connectivity index (χ3n) is 14.8. The van der Waals surface area contributed by atoms with Gasteiger partial charge in [0.25, 0.3) is 0 Å². The van der Waals surface area contributed by atoms with E-state index in [0.717, 1.165) is 83.5 Å². The molecule has 0 amide bonds. The quantitative estimate of drug-likeness (QED) is 0.153. The maximum atomic E-state index is 12.9. The summed E-state index contributed by atoms with van der Waals surface area (Å²) in [5.41, 5.74) is 1.20. The highest BCUT2D eigenvalue weighted by Crippen LogP contribution is 2.75. The number of rotatable bonds is 9. The SMILES string of the molecule is CC1(C)CC[C@]2(C(=O)O)CC[C@]3(C)C(=CC[C@@H]4[C@@]5(C)CCC(OC(=O)CCCCCCC(=O)O)C(C)(C)[C@@H]5CC[C@]43C)[C@@H]2C1. The lowest BCUT2D eigenvalue weighted by molar-refractivity contribution is -0.214. The fourth-order valence-corrected chi connectivity index (χ4v) is 11.9. The molecule has 5 aliphatic carbocycles. The van der Waals surface area contributed by atoms with Crippen LogP contribution in [-0.4, -0.2) is 34.2 Å². The molecule has 0 aromatic rings. The molecular formula is C38H60O6. The molecule has 0 saturated heterocycles. The highest BCUT2D eigenvalue weighted by atomic mass is 16.5. The van der Waals surface area contributed by atoms with Crippen LogP contribution >= 0.6 is 0 Å². The number of hydrogen-bond donors (Lipinski definition) is 2. The van der Waals surface area contributed by atoms with Gasteiger partial charge in [0.05, 0.1) is 5.41 Å². The van der Waals surface area contributed by atoms with E-state index in [9.17, 15) is 19.5 Å². The predicted octanol–water partition coefficient (Wildman–Crippen LogP) is 9.21. The van der Waals surface area contributed by atoms with E-state index >= 15 is 0 Å². The lowest BCUT2D eigenvalue weighted by Gasteiger charge is -2.71. The van der Waals surface area contributed by atoms with Crippen LogP contribution < -0.4 is 0 Å². The zero-order valence-electron chi connectivity index (χ0n) is 28.7. The molecule has 0 aromatic carbocycles. The minimum Gasteiger partial charge on any atom is -0.481 e. The Bertz CT molecular complexity index is 1180. The molecule has 44 heavy (non-hydrogen) atoms. The van der Waals surface area contributed by atoms with Gasteiger partial charge in [-0.05, 0) is 116 Å². The van der Waals surface area contributed by atoms with Crippen molar-refractivity contribution in [1.82, 2.24) is 0 Å². The number of ether oxygens (including phenoxy) is 1. The summed E-state index contributed by atoms with van der Waals surface area (Å²) < 4.78 is 6.22. The van der Waals surface area contributed by atoms with Crippen LogP contribution in [0.3, 0.4) is 0 Å². The fraction of sp³-hybridized carbons (Fsp3) is 0.868. The molecule has 4 fully saturated rings. The van der Waals surface area contributed by atoms with Crippen LogP contribution in [0.4, 0.5) is 0 Å². The molecule has 0 bridgehead atoms. The average molecular weight is 613 g/mol. The molecule has 5 aliphatic rings. The Morgan fingerprint density at radius 3 is 2.11 bits per heavy atom. The van der Waals surface area contributed by atoms with Gasteiger partial charge in [-0.15, -0.1) is 0 Å². The van der Waals surface area contributed by atoms with E-state index in [1.54, 1.807) is 0 Å². The second kappa shape index (κ2) is 11.4. The van der Waals surface area contributed by atoms with Gasteiger partial charge in [-0.1, -0.05) is 73.0 Å². The summed E-state index contributed by atoms with van der Waals surface area (Å²) in [5, 5.41) is 19.4. The first-order chi connectivity index (χ1) is 20.4. The van der Waals surface area contributed by atoms with Crippen molar-refractivity contribution in [1.29, 1.82) is 0 Å². The molecule has 8 atom stereocenters. The van der Waals surface area contributed by atoms with Gasteiger partial charge >= 0.3 is 17.9 Å². The van der Waals surface area contributed by atoms with E-state index < -0.39 is 17.4 Å². The normalized spacial score (nSPS) is 42.0. The number of fused-ring (bicyclic) bond motifs is 7. The Labute approximate surface area is 266 Å². The predicted molar refractivity (Wildman–Crippen MR) is 172 cm³/mol. The number of unbranched alkanes of at least 4 members (excludes halogenated alkanes) is 3. The first-order valence-corrected chi connectivity index (χ1v) is 17.8. The zero-order valence-corrected chi connectivity index (χ0v) is 28.7. The number of carbonyl (C=O) groups is 3. The van der Waals surface area contributed by atoms with Crippen LogP contribution in [0.15, 0.2) is 11.6 Å². The summed E-state index contributed by atoms with van der Waals surface area (Å²) in [5.74, 6) is -0.318. The highest BCUT2D eigenvalue weighted by molar-refractivity contribution is 5.76. The van der Waals surface area contributed by atoms with E-state index in [0.29, 0.717) is 24.7 Å². The van der Waals surface area contributed by atoms with Gasteiger partial charge in [0, 0.05) is 18.3 Å². The number of carbonyl (C=O) groups excluding carboxylic acids is 1. The minimum atomic E-state index is -0.759. The van der Waals surface area contributed by atoms with Gasteiger partial charge in [0.15, 0.2) is 0 Å². The fourth-order valence-electron chi connectivity index (χ4n) is 11.9. The van der Waals surface area contributed by atoms with Crippen molar-refractivity contribution in [3.8, 4) is 0 Å². The Morgan fingerprint density at radius 2 is 1.45 bits per heavy atom. The first-order valence-electron chi connectivity index (χ1n) is 17.8. The molecular weight excluding hydrogens is 552 g/mol. The number of hydrogen-bond acceptors (Lipinski definition) is 4. The number of carboxylic acid groups (broad SMARTS) is 2. The standard InChI is InChI=1S/C38H60O6/c1-33(2)20-22-38(32(42)43)23-21-36(6)25(26(38)24-33)14-15-28-35(5)18-17-29(34(3,4)27(35)16-19-37(28,36)7)44-31(41)13-11-9-8-10-12-30(39)40/h14,26-29H,8-13,15-24H2,1-7H3,(H,39,40)(H,42,43)/t26-,27-,28+,29?,35-,36+,37+,38-/m0/s1. The van der Waals surface area contributed by atoms with Gasteiger partial charge in [-0.3, -0.25) is 14.4 Å². The first kappa shape index (κ1) is 33.5. The van der Waals surface area contributed by atoms with Crippen LogP contribution in [-0.2, 0) is 19.1 Å². The van der Waals surface area contributed by atoms with Gasteiger partial charge in [-0.2, -0.15) is 0 Å². The van der Waals surface area contributed by atoms with E-state index in [-0.39, 0.29) is 51.5 Å². The van der Waals surface area contributed by atoms with Crippen LogP contribution in [0.25, 0.3) is 0 Å². The van der Waals surface area contributed by atoms with E-state index in [1.807, 2.05) is 0 Å². The van der Waals surface area contributed by atoms with Crippen molar-refractivity contribution in [3.63, 3.8) is 0 Å². The summed E-state index contributed by atoms with van der Waals surface area (Å²) in [6.45, 7) is 16.9. The van der Waals surface area contributed by atoms with E-state index in [4.69, 9.17) is 9.84 Å². The van der Waals surface area contributed by atoms with Crippen molar-refractivity contribution < 1.29 is 29.3 Å². The summed E-state index contributed by atoms with van der Waals surface area (Å²) in [6, 6.07) is 0. The van der Waals surface area contributed by atoms with Crippen LogP contribution in [0, 0.1) is 50.2 Å². The average Bonchev–Trinajstić information content (AvgIpc) is 2.92. The van der Waals surface area contributed by atoms with Crippen molar-refractivity contribution in [3.05, 3.63) is 11.6 Å². The molecule has 6 heteroatoms. The molecule has 0 aliphatic heterocycles. The van der Waals surface area contributed by atoms with Gasteiger partial charge in [0.1, 0.15) is 6.10 Å². The van der Waals surface area contributed by atoms with Gasteiger partial charge in [-0.25, -0.2) is 0 Å². The van der Waals surface area contributed by atoms with Crippen molar-refractivity contribution in [2.75, 3.05) is 0 Å². The second-order valence-electron chi connectivity index (χ2n) is 17.8. The van der Waals surface area contributed by atoms with Crippen molar-refractivity contribution in [2.24, 2.45) is 50.2 Å². The third kappa shape index (κ3) is 5.26. The number of aliphatic carboxylic acids is 2. The number of carboxylic acids is 2. The van der Waals surface area contributed by atoms with Gasteiger partial charge in [0.2, 0.25) is 0 Å². The molecule has 248 valence electrons. The van der Waals surface area contributed by atoms with Crippen LogP contribution in [0.5, 0.6) is 0 Å². The van der Waals surface area contributed by atoms with E-state index in [2.05, 4.69) is 54.5 Å². The topological polar surface area (TPSA) is 101 Å². The number of allylic oxidation sites excluding steroid dienone is 2. The monoisotopic (exact) mass is 612 g/mol. The molecule has 0 spiro atoms.